The van der Waals surface area contributed by atoms with Crippen molar-refractivity contribution in [1.29, 1.82) is 0 Å². The van der Waals surface area contributed by atoms with Crippen LogP contribution in [0.5, 0.6) is 0 Å². The molecule has 128 valence electrons. The van der Waals surface area contributed by atoms with E-state index in [1.807, 2.05) is 0 Å². The molecule has 1 fully saturated rings. The highest BCUT2D eigenvalue weighted by atomic mass is 16.1. The first-order chi connectivity index (χ1) is 10.6. The summed E-state index contributed by atoms with van der Waals surface area (Å²) in [6.45, 7) is 10.4. The van der Waals surface area contributed by atoms with Gasteiger partial charge in [0, 0.05) is 39.6 Å². The van der Waals surface area contributed by atoms with E-state index in [0.29, 0.717) is 12.3 Å². The van der Waals surface area contributed by atoms with Crippen molar-refractivity contribution in [3.63, 3.8) is 0 Å². The number of carbonyl (C=O) groups excluding carboxylic acids is 1. The number of amides is 1. The number of carbonyl (C=O) groups is 1. The molecule has 5 heteroatoms. The van der Waals surface area contributed by atoms with Gasteiger partial charge in [0.15, 0.2) is 5.96 Å². The number of guanidine groups is 1. The summed E-state index contributed by atoms with van der Waals surface area (Å²) in [5.41, 5.74) is 0. The largest absolute Gasteiger partial charge is 0.359 e. The SMILES string of the molecule is CCNC(=NCCCC(C)C)N1CCC(CC(=O)NC)CC1. The number of rotatable bonds is 7. The van der Waals surface area contributed by atoms with E-state index in [1.54, 1.807) is 7.05 Å². The summed E-state index contributed by atoms with van der Waals surface area (Å²) >= 11 is 0. The smallest absolute Gasteiger partial charge is 0.220 e. The van der Waals surface area contributed by atoms with Crippen LogP contribution in [-0.4, -0.2) is 50.0 Å². The lowest BCUT2D eigenvalue weighted by Crippen LogP contribution is -2.46. The third-order valence-corrected chi connectivity index (χ3v) is 4.20. The van der Waals surface area contributed by atoms with Gasteiger partial charge in [-0.3, -0.25) is 9.79 Å². The Bertz CT molecular complexity index is 347. The highest BCUT2D eigenvalue weighted by Crippen LogP contribution is 2.20. The summed E-state index contributed by atoms with van der Waals surface area (Å²) < 4.78 is 0. The minimum atomic E-state index is 0.160. The van der Waals surface area contributed by atoms with Crippen molar-refractivity contribution >= 4 is 11.9 Å². The molecule has 0 aliphatic carbocycles. The van der Waals surface area contributed by atoms with Crippen molar-refractivity contribution in [1.82, 2.24) is 15.5 Å². The minimum Gasteiger partial charge on any atom is -0.359 e. The van der Waals surface area contributed by atoms with E-state index < -0.39 is 0 Å². The molecule has 22 heavy (non-hydrogen) atoms. The zero-order chi connectivity index (χ0) is 16.4. The summed E-state index contributed by atoms with van der Waals surface area (Å²) in [7, 11) is 1.71. The molecule has 0 aromatic rings. The normalized spacial score (nSPS) is 17.0. The number of likely N-dealkylation sites (tertiary alicyclic amines) is 1. The molecule has 0 aromatic heterocycles. The standard InChI is InChI=1S/C17H34N4O/c1-5-19-17(20-10-6-7-14(2)3)21-11-8-15(9-12-21)13-16(22)18-4/h14-15H,5-13H2,1-4H3,(H,18,22)(H,19,20). The Hall–Kier alpha value is -1.26. The summed E-state index contributed by atoms with van der Waals surface area (Å²) in [6, 6.07) is 0. The number of nitrogens with one attached hydrogen (secondary N) is 2. The van der Waals surface area contributed by atoms with Crippen molar-refractivity contribution in [2.45, 2.75) is 52.9 Å². The molecule has 0 spiro atoms. The minimum absolute atomic E-state index is 0.160. The average Bonchev–Trinajstić information content (AvgIpc) is 2.51. The Kier molecular flexibility index (Phi) is 8.94. The topological polar surface area (TPSA) is 56.7 Å². The monoisotopic (exact) mass is 310 g/mol. The molecule has 0 atom stereocenters. The molecule has 0 saturated carbocycles. The first-order valence-electron chi connectivity index (χ1n) is 8.80. The zero-order valence-corrected chi connectivity index (χ0v) is 14.8. The van der Waals surface area contributed by atoms with Crippen LogP contribution < -0.4 is 10.6 Å². The van der Waals surface area contributed by atoms with Crippen molar-refractivity contribution in [2.75, 3.05) is 33.2 Å². The molecule has 1 heterocycles. The van der Waals surface area contributed by atoms with Crippen molar-refractivity contribution in [3.8, 4) is 0 Å². The molecular formula is C17H34N4O. The van der Waals surface area contributed by atoms with E-state index in [9.17, 15) is 4.79 Å². The zero-order valence-electron chi connectivity index (χ0n) is 14.8. The molecular weight excluding hydrogens is 276 g/mol. The molecule has 0 bridgehead atoms. The van der Waals surface area contributed by atoms with E-state index >= 15 is 0 Å². The fourth-order valence-corrected chi connectivity index (χ4v) is 2.82. The van der Waals surface area contributed by atoms with E-state index in [1.165, 1.54) is 6.42 Å². The molecule has 1 amide bonds. The van der Waals surface area contributed by atoms with Crippen LogP contribution in [0, 0.1) is 11.8 Å². The summed E-state index contributed by atoms with van der Waals surface area (Å²) in [6.07, 6.45) is 5.19. The number of aliphatic imine (C=N–C) groups is 1. The average molecular weight is 310 g/mol. The van der Waals surface area contributed by atoms with Gasteiger partial charge in [0.05, 0.1) is 0 Å². The number of hydrogen-bond donors (Lipinski definition) is 2. The van der Waals surface area contributed by atoms with Crippen molar-refractivity contribution in [3.05, 3.63) is 0 Å². The third kappa shape index (κ3) is 7.14. The highest BCUT2D eigenvalue weighted by molar-refractivity contribution is 5.80. The maximum atomic E-state index is 11.5. The first-order valence-corrected chi connectivity index (χ1v) is 8.80. The third-order valence-electron chi connectivity index (χ3n) is 4.20. The molecule has 5 nitrogen and oxygen atoms in total. The summed E-state index contributed by atoms with van der Waals surface area (Å²) in [5.74, 6) is 2.47. The molecule has 0 radical (unpaired) electrons. The quantitative estimate of drug-likeness (QED) is 0.431. The molecule has 2 N–H and O–H groups in total. The lowest BCUT2D eigenvalue weighted by Gasteiger charge is -2.34. The van der Waals surface area contributed by atoms with Crippen LogP contribution in [0.25, 0.3) is 0 Å². The highest BCUT2D eigenvalue weighted by Gasteiger charge is 2.22. The van der Waals surface area contributed by atoms with Gasteiger partial charge in [-0.2, -0.15) is 0 Å². The lowest BCUT2D eigenvalue weighted by atomic mass is 9.93. The van der Waals surface area contributed by atoms with Crippen molar-refractivity contribution in [2.24, 2.45) is 16.8 Å². The van der Waals surface area contributed by atoms with Crippen LogP contribution in [0.15, 0.2) is 4.99 Å². The number of piperidine rings is 1. The predicted molar refractivity (Wildman–Crippen MR) is 93.0 cm³/mol. The molecule has 1 aliphatic heterocycles. The second-order valence-corrected chi connectivity index (χ2v) is 6.58. The maximum absolute atomic E-state index is 11.5. The van der Waals surface area contributed by atoms with E-state index in [4.69, 9.17) is 4.99 Å². The van der Waals surface area contributed by atoms with Gasteiger partial charge in [0.2, 0.25) is 5.91 Å². The Morgan fingerprint density at radius 2 is 2.00 bits per heavy atom. The van der Waals surface area contributed by atoms with Crippen LogP contribution >= 0.6 is 0 Å². The fraction of sp³-hybridized carbons (Fsp3) is 0.882. The molecule has 0 unspecified atom stereocenters. The first kappa shape index (κ1) is 18.8. The van der Waals surface area contributed by atoms with Gasteiger partial charge in [-0.25, -0.2) is 0 Å². The van der Waals surface area contributed by atoms with Gasteiger partial charge in [-0.15, -0.1) is 0 Å². The Morgan fingerprint density at radius 3 is 2.55 bits per heavy atom. The molecule has 1 rings (SSSR count). The second-order valence-electron chi connectivity index (χ2n) is 6.58. The molecule has 1 aliphatic rings. The van der Waals surface area contributed by atoms with E-state index in [-0.39, 0.29) is 5.91 Å². The Balaban J connectivity index is 2.42. The van der Waals surface area contributed by atoms with E-state index in [0.717, 1.165) is 57.3 Å². The fourth-order valence-electron chi connectivity index (χ4n) is 2.82. The van der Waals surface area contributed by atoms with Gasteiger partial charge < -0.3 is 15.5 Å². The van der Waals surface area contributed by atoms with Crippen LogP contribution in [0.3, 0.4) is 0 Å². The Labute approximate surface area is 135 Å². The van der Waals surface area contributed by atoms with Gasteiger partial charge in [0.25, 0.3) is 0 Å². The van der Waals surface area contributed by atoms with Crippen LogP contribution in [0.1, 0.15) is 52.9 Å². The number of hydrogen-bond acceptors (Lipinski definition) is 2. The summed E-state index contributed by atoms with van der Waals surface area (Å²) in [4.78, 5) is 18.6. The van der Waals surface area contributed by atoms with Crippen molar-refractivity contribution < 1.29 is 4.79 Å². The van der Waals surface area contributed by atoms with Gasteiger partial charge in [-0.1, -0.05) is 13.8 Å². The second kappa shape index (κ2) is 10.5. The summed E-state index contributed by atoms with van der Waals surface area (Å²) in [5, 5.41) is 6.13. The van der Waals surface area contributed by atoms with Gasteiger partial charge in [0.1, 0.15) is 0 Å². The van der Waals surface area contributed by atoms with Crippen LogP contribution in [0.4, 0.5) is 0 Å². The van der Waals surface area contributed by atoms with Gasteiger partial charge >= 0.3 is 0 Å². The number of nitrogens with zero attached hydrogens (tertiary/aromatic N) is 2. The maximum Gasteiger partial charge on any atom is 0.220 e. The predicted octanol–water partition coefficient (Wildman–Crippen LogP) is 2.24. The van der Waals surface area contributed by atoms with Crippen LogP contribution in [-0.2, 0) is 4.79 Å². The molecule has 0 aromatic carbocycles. The molecule has 1 saturated heterocycles. The van der Waals surface area contributed by atoms with Crippen LogP contribution in [0.2, 0.25) is 0 Å². The Morgan fingerprint density at radius 1 is 1.32 bits per heavy atom. The van der Waals surface area contributed by atoms with E-state index in [2.05, 4.69) is 36.3 Å². The lowest BCUT2D eigenvalue weighted by molar-refractivity contribution is -0.121. The van der Waals surface area contributed by atoms with Gasteiger partial charge in [-0.05, 0) is 44.4 Å².